The number of hydrogen-bond donors (Lipinski definition) is 5. The van der Waals surface area contributed by atoms with Gasteiger partial charge in [-0.2, -0.15) is 0 Å². The normalized spacial score (nSPS) is 16.5. The molecule has 6 N–H and O–H groups in total. The van der Waals surface area contributed by atoms with Gasteiger partial charge in [0.05, 0.1) is 0 Å². The second-order valence-corrected chi connectivity index (χ2v) is 4.97. The van der Waals surface area contributed by atoms with Gasteiger partial charge in [0.15, 0.2) is 0 Å². The minimum atomic E-state index is -4.62. The van der Waals surface area contributed by atoms with Crippen LogP contribution in [0.15, 0.2) is 0 Å². The molecule has 11 heteroatoms. The van der Waals surface area contributed by atoms with Crippen molar-refractivity contribution in [2.75, 3.05) is 0 Å². The van der Waals surface area contributed by atoms with E-state index in [-0.39, 0.29) is 43.8 Å². The first kappa shape index (κ1) is 18.5. The third-order valence-corrected chi connectivity index (χ3v) is 3.01. The topological polar surface area (TPSA) is 150 Å². The Morgan fingerprint density at radius 2 is 1.93 bits per heavy atom. The molecule has 0 spiro atoms. The monoisotopic (exact) mass is 272 g/mol. The van der Waals surface area contributed by atoms with Crippen molar-refractivity contribution in [2.24, 2.45) is 5.73 Å². The van der Waals surface area contributed by atoms with Crippen molar-refractivity contribution in [1.82, 2.24) is 0 Å². The van der Waals surface area contributed by atoms with Crippen molar-refractivity contribution in [3.8, 4) is 0 Å². The zero-order valence-corrected chi connectivity index (χ0v) is 11.8. The molecule has 0 aliphatic carbocycles. The van der Waals surface area contributed by atoms with Crippen molar-refractivity contribution in [3.05, 3.63) is 0 Å². The van der Waals surface area contributed by atoms with E-state index in [1.165, 1.54) is 0 Å². The first-order valence-corrected chi connectivity index (χ1v) is 6.36. The zero-order valence-electron chi connectivity index (χ0n) is 9.05. The Kier molecular flexibility index (Phi) is 10.1. The Hall–Kier alpha value is 1.09. The van der Waals surface area contributed by atoms with Crippen LogP contribution in [0.4, 0.5) is 0 Å². The second-order valence-electron chi connectivity index (χ2n) is 2.53. The van der Waals surface area contributed by atoms with Gasteiger partial charge in [0, 0.05) is 4.57 Å². The third-order valence-electron chi connectivity index (χ3n) is 1.30. The number of nitrogens with two attached hydrogens (primary N) is 1. The fraction of sp³-hybridized carbons (Fsp3) is 1.00. The van der Waals surface area contributed by atoms with Crippen LogP contribution in [0, 0.1) is 0 Å². The molecule has 0 saturated carbocycles. The summed E-state index contributed by atoms with van der Waals surface area (Å²) >= 11 is 0. The molecule has 0 aliphatic heterocycles. The van der Waals surface area contributed by atoms with E-state index in [1.807, 2.05) is 0 Å². The summed E-state index contributed by atoms with van der Waals surface area (Å²) in [6, 6.07) is 0. The van der Waals surface area contributed by atoms with Crippen LogP contribution in [0.3, 0.4) is 0 Å². The van der Waals surface area contributed by atoms with Crippen LogP contribution >= 0.6 is 15.9 Å². The predicted octanol–water partition coefficient (Wildman–Crippen LogP) is -3.67. The Labute approximate surface area is 111 Å². The van der Waals surface area contributed by atoms with Crippen LogP contribution < -0.4 is 35.3 Å². The summed E-state index contributed by atoms with van der Waals surface area (Å²) in [6.45, 7) is 0. The van der Waals surface area contributed by atoms with E-state index >= 15 is 0 Å². The molecule has 0 bridgehead atoms. The number of rotatable bonds is 6. The van der Waals surface area contributed by atoms with Crippen LogP contribution in [0.2, 0.25) is 0 Å². The van der Waals surface area contributed by atoms with Gasteiger partial charge in [-0.05, 0) is 12.8 Å². The molecule has 0 fully saturated rings. The molecular weight excluding hydrogens is 259 g/mol. The van der Waals surface area contributed by atoms with Crippen molar-refractivity contribution in [2.45, 2.75) is 24.9 Å². The SMILES string of the molecule is NC(O)CCC(O[P+](=O)O)P(=O)(O)O.[H-].[Na+]. The summed E-state index contributed by atoms with van der Waals surface area (Å²) in [5.74, 6) is -1.71. The van der Waals surface area contributed by atoms with Crippen molar-refractivity contribution in [3.63, 3.8) is 0 Å². The van der Waals surface area contributed by atoms with E-state index in [4.69, 9.17) is 25.5 Å². The maximum Gasteiger partial charge on any atom is 1.00 e. The minimum Gasteiger partial charge on any atom is -1.00 e. The smallest absolute Gasteiger partial charge is 1.00 e. The van der Waals surface area contributed by atoms with Gasteiger partial charge in [0.2, 0.25) is 5.85 Å². The average Bonchev–Trinajstić information content (AvgIpc) is 1.94. The molecule has 0 aliphatic rings. The largest absolute Gasteiger partial charge is 1.00 e. The molecule has 0 aromatic heterocycles. The van der Waals surface area contributed by atoms with Crippen LogP contribution in [-0.4, -0.2) is 31.9 Å². The summed E-state index contributed by atoms with van der Waals surface area (Å²) in [6.07, 6.45) is -1.69. The van der Waals surface area contributed by atoms with Crippen LogP contribution in [0.1, 0.15) is 14.3 Å². The molecule has 8 nitrogen and oxygen atoms in total. The second kappa shape index (κ2) is 8.22. The van der Waals surface area contributed by atoms with Gasteiger partial charge in [-0.25, -0.2) is 0 Å². The summed E-state index contributed by atoms with van der Waals surface area (Å²) in [5, 5.41) is 8.64. The first-order valence-electron chi connectivity index (χ1n) is 3.55. The quantitative estimate of drug-likeness (QED) is 0.188. The van der Waals surface area contributed by atoms with E-state index in [1.54, 1.807) is 0 Å². The molecule has 0 aromatic rings. The Bertz CT molecular complexity index is 249. The van der Waals surface area contributed by atoms with Gasteiger partial charge in [0.1, 0.15) is 6.23 Å². The zero-order chi connectivity index (χ0) is 11.4. The first-order chi connectivity index (χ1) is 6.23. The fourth-order valence-corrected chi connectivity index (χ4v) is 2.23. The summed E-state index contributed by atoms with van der Waals surface area (Å²) < 4.78 is 25.0. The van der Waals surface area contributed by atoms with E-state index in [0.29, 0.717) is 0 Å². The average molecular weight is 272 g/mol. The predicted molar refractivity (Wildman–Crippen MR) is 47.3 cm³/mol. The molecule has 15 heavy (non-hydrogen) atoms. The molecule has 0 amide bonds. The van der Waals surface area contributed by atoms with Gasteiger partial charge in [-0.3, -0.25) is 4.57 Å². The van der Waals surface area contributed by atoms with Gasteiger partial charge in [0.25, 0.3) is 0 Å². The Morgan fingerprint density at radius 3 is 2.20 bits per heavy atom. The third kappa shape index (κ3) is 9.99. The fourth-order valence-electron chi connectivity index (χ4n) is 0.700. The van der Waals surface area contributed by atoms with Crippen molar-refractivity contribution < 1.29 is 64.4 Å². The molecule has 0 aromatic carbocycles. The molecule has 3 unspecified atom stereocenters. The Balaban J connectivity index is -0.000000845. The summed E-state index contributed by atoms with van der Waals surface area (Å²) in [4.78, 5) is 25.6. The molecule has 0 rings (SSSR count). The van der Waals surface area contributed by atoms with Crippen molar-refractivity contribution in [1.29, 1.82) is 0 Å². The van der Waals surface area contributed by atoms with Crippen molar-refractivity contribution >= 4 is 15.9 Å². The van der Waals surface area contributed by atoms with Gasteiger partial charge >= 0.3 is 45.4 Å². The van der Waals surface area contributed by atoms with Crippen LogP contribution in [0.25, 0.3) is 0 Å². The van der Waals surface area contributed by atoms with E-state index < -0.39 is 27.9 Å². The van der Waals surface area contributed by atoms with Gasteiger partial charge in [-0.15, -0.1) is 9.42 Å². The van der Waals surface area contributed by atoms with E-state index in [2.05, 4.69) is 4.52 Å². The standard InChI is InChI=1S/C4H11NO7P2.Na.H/c5-3(6)1-2-4(12-13(7)8)14(9,10)11;;/h3-4,6H,1-2,5H2,(H2-,7,8,9,10,11);;/q;+1;-1/p+1. The maximum absolute atomic E-state index is 10.7. The Morgan fingerprint density at radius 1 is 1.47 bits per heavy atom. The van der Waals surface area contributed by atoms with Gasteiger partial charge in [-0.1, -0.05) is 0 Å². The van der Waals surface area contributed by atoms with E-state index in [9.17, 15) is 9.13 Å². The van der Waals surface area contributed by atoms with Gasteiger partial charge < -0.3 is 22.1 Å². The van der Waals surface area contributed by atoms with Crippen LogP contribution in [0.5, 0.6) is 0 Å². The summed E-state index contributed by atoms with van der Waals surface area (Å²) in [5.41, 5.74) is 4.93. The summed E-state index contributed by atoms with van der Waals surface area (Å²) in [7, 11) is -7.72. The minimum absolute atomic E-state index is 0. The molecular formula is C4H13NNaO7P2+. The molecule has 0 heterocycles. The maximum atomic E-state index is 10.7. The number of hydrogen-bond acceptors (Lipinski definition) is 5. The molecule has 0 saturated heterocycles. The van der Waals surface area contributed by atoms with Crippen LogP contribution in [-0.2, 0) is 13.7 Å². The number of aliphatic hydroxyl groups excluding tert-OH is 1. The molecule has 86 valence electrons. The van der Waals surface area contributed by atoms with E-state index in [0.717, 1.165) is 0 Å². The number of aliphatic hydroxyl groups is 1. The molecule has 3 atom stereocenters. The molecule has 0 radical (unpaired) electrons.